The fourth-order valence-electron chi connectivity index (χ4n) is 6.97. The van der Waals surface area contributed by atoms with Gasteiger partial charge in [0.2, 0.25) is 0 Å². The lowest BCUT2D eigenvalue weighted by molar-refractivity contribution is -0.294. The number of aliphatic hydroxyl groups excluding tert-OH is 1. The second kappa shape index (κ2) is 5.66. The third-order valence-electron chi connectivity index (χ3n) is 9.12. The molecule has 29 heavy (non-hydrogen) atoms. The maximum absolute atomic E-state index is 11.3. The molecule has 2 saturated heterocycles. The Kier molecular flexibility index (Phi) is 3.82. The molecule has 1 aromatic rings. The number of methoxy groups -OCH3 is 1. The van der Waals surface area contributed by atoms with Gasteiger partial charge < -0.3 is 19.3 Å². The molecule has 0 aromatic heterocycles. The largest absolute Gasteiger partial charge is 0.496 e. The van der Waals surface area contributed by atoms with E-state index in [1.807, 2.05) is 0 Å². The monoisotopic (exact) mass is 398 g/mol. The summed E-state index contributed by atoms with van der Waals surface area (Å²) >= 11 is 0. The SMILES string of the molecule is COc1ccc2c(c1C)C=CC13OC4(OC(C)(C)C(C)C4O)C(C)C1CCC23C. The highest BCUT2D eigenvalue weighted by molar-refractivity contribution is 5.69. The van der Waals surface area contributed by atoms with Crippen molar-refractivity contribution in [1.29, 1.82) is 0 Å². The molecule has 7 unspecified atom stereocenters. The van der Waals surface area contributed by atoms with Crippen molar-refractivity contribution in [3.8, 4) is 5.75 Å². The number of ether oxygens (including phenoxy) is 3. The molecule has 1 N–H and O–H groups in total. The standard InChI is InChI=1S/C25H34O4/c1-14-17-10-13-24-18(11-12-23(24,6)19(17)8-9-20(14)27-7)15(2)25(29-24)21(26)16(3)22(4,5)28-25/h8-10,13,15-16,18,21,26H,11-12H2,1-7H3. The van der Waals surface area contributed by atoms with Gasteiger partial charge in [0.15, 0.2) is 5.79 Å². The fourth-order valence-corrected chi connectivity index (χ4v) is 6.97. The first-order valence-corrected chi connectivity index (χ1v) is 11.0. The number of benzene rings is 1. The van der Waals surface area contributed by atoms with Crippen molar-refractivity contribution in [2.24, 2.45) is 17.8 Å². The summed E-state index contributed by atoms with van der Waals surface area (Å²) in [5.41, 5.74) is 2.71. The van der Waals surface area contributed by atoms with Crippen molar-refractivity contribution in [3.63, 3.8) is 0 Å². The predicted molar refractivity (Wildman–Crippen MR) is 113 cm³/mol. The van der Waals surface area contributed by atoms with Gasteiger partial charge in [0.05, 0.1) is 12.7 Å². The summed E-state index contributed by atoms with van der Waals surface area (Å²) in [7, 11) is 1.73. The van der Waals surface area contributed by atoms with Gasteiger partial charge in [-0.1, -0.05) is 39.0 Å². The summed E-state index contributed by atoms with van der Waals surface area (Å²) in [5.74, 6) is 0.422. The van der Waals surface area contributed by atoms with Crippen LogP contribution >= 0.6 is 0 Å². The second-order valence-corrected chi connectivity index (χ2v) is 10.5. The molecule has 0 radical (unpaired) electrons. The third-order valence-corrected chi connectivity index (χ3v) is 9.12. The van der Waals surface area contributed by atoms with Crippen LogP contribution in [0.4, 0.5) is 0 Å². The summed E-state index contributed by atoms with van der Waals surface area (Å²) in [6, 6.07) is 4.30. The Morgan fingerprint density at radius 1 is 1.10 bits per heavy atom. The van der Waals surface area contributed by atoms with Gasteiger partial charge in [0, 0.05) is 23.2 Å². The van der Waals surface area contributed by atoms with E-state index >= 15 is 0 Å². The van der Waals surface area contributed by atoms with Crippen LogP contribution in [0.1, 0.15) is 64.2 Å². The summed E-state index contributed by atoms with van der Waals surface area (Å²) in [4.78, 5) is 0. The fraction of sp³-hybridized carbons (Fsp3) is 0.680. The molecule has 2 aliphatic heterocycles. The molecule has 2 aliphatic carbocycles. The number of rotatable bonds is 1. The van der Waals surface area contributed by atoms with Gasteiger partial charge in [0.25, 0.3) is 0 Å². The van der Waals surface area contributed by atoms with E-state index in [2.05, 4.69) is 65.8 Å². The molecule has 4 heteroatoms. The molecule has 2 spiro atoms. The molecule has 0 bridgehead atoms. The lowest BCUT2D eigenvalue weighted by Gasteiger charge is -2.46. The minimum absolute atomic E-state index is 0.0118. The Labute approximate surface area is 174 Å². The normalized spacial score (nSPS) is 46.6. The highest BCUT2D eigenvalue weighted by atomic mass is 16.7. The van der Waals surface area contributed by atoms with Crippen LogP contribution < -0.4 is 4.74 Å². The average Bonchev–Trinajstić information content (AvgIpc) is 3.16. The zero-order chi connectivity index (χ0) is 21.0. The van der Waals surface area contributed by atoms with Crippen LogP contribution in [-0.4, -0.2) is 35.3 Å². The van der Waals surface area contributed by atoms with Gasteiger partial charge in [-0.15, -0.1) is 0 Å². The Morgan fingerprint density at radius 2 is 1.83 bits per heavy atom. The lowest BCUT2D eigenvalue weighted by Crippen LogP contribution is -2.53. The first-order chi connectivity index (χ1) is 13.5. The minimum Gasteiger partial charge on any atom is -0.496 e. The van der Waals surface area contributed by atoms with Crippen LogP contribution in [0.3, 0.4) is 0 Å². The Balaban J connectivity index is 1.66. The molecule has 1 saturated carbocycles. The zero-order valence-electron chi connectivity index (χ0n) is 18.7. The van der Waals surface area contributed by atoms with E-state index in [4.69, 9.17) is 14.2 Å². The number of fused-ring (bicyclic) bond motifs is 2. The first-order valence-electron chi connectivity index (χ1n) is 11.0. The zero-order valence-corrected chi connectivity index (χ0v) is 18.7. The van der Waals surface area contributed by atoms with Crippen LogP contribution in [0.15, 0.2) is 18.2 Å². The quantitative estimate of drug-likeness (QED) is 0.751. The van der Waals surface area contributed by atoms with Gasteiger partial charge in [-0.2, -0.15) is 0 Å². The molecular formula is C25H34O4. The van der Waals surface area contributed by atoms with Crippen molar-refractivity contribution >= 4 is 6.08 Å². The Hall–Kier alpha value is -1.36. The lowest BCUT2D eigenvalue weighted by atomic mass is 9.63. The van der Waals surface area contributed by atoms with Gasteiger partial charge in [-0.05, 0) is 56.4 Å². The molecule has 2 heterocycles. The maximum atomic E-state index is 11.3. The first kappa shape index (κ1) is 19.6. The number of hydrogen-bond acceptors (Lipinski definition) is 4. The van der Waals surface area contributed by atoms with E-state index in [0.717, 1.165) is 18.6 Å². The molecule has 3 fully saturated rings. The average molecular weight is 399 g/mol. The van der Waals surface area contributed by atoms with Crippen LogP contribution in [0.5, 0.6) is 5.75 Å². The van der Waals surface area contributed by atoms with Crippen molar-refractivity contribution in [1.82, 2.24) is 0 Å². The van der Waals surface area contributed by atoms with E-state index in [-0.39, 0.29) is 17.3 Å². The van der Waals surface area contributed by atoms with Crippen LogP contribution in [-0.2, 0) is 14.9 Å². The molecule has 1 aromatic carbocycles. The smallest absolute Gasteiger partial charge is 0.199 e. The van der Waals surface area contributed by atoms with Crippen molar-refractivity contribution in [2.75, 3.05) is 7.11 Å². The predicted octanol–water partition coefficient (Wildman–Crippen LogP) is 4.61. The van der Waals surface area contributed by atoms with Gasteiger partial charge in [-0.25, -0.2) is 0 Å². The van der Waals surface area contributed by atoms with Crippen LogP contribution in [0.25, 0.3) is 6.08 Å². The van der Waals surface area contributed by atoms with Crippen molar-refractivity contribution in [2.45, 2.75) is 82.9 Å². The molecule has 158 valence electrons. The van der Waals surface area contributed by atoms with Crippen molar-refractivity contribution in [3.05, 3.63) is 34.9 Å². The Morgan fingerprint density at radius 3 is 2.45 bits per heavy atom. The van der Waals surface area contributed by atoms with E-state index < -0.39 is 23.1 Å². The van der Waals surface area contributed by atoms with Crippen LogP contribution in [0.2, 0.25) is 0 Å². The van der Waals surface area contributed by atoms with Gasteiger partial charge in [0.1, 0.15) is 17.5 Å². The van der Waals surface area contributed by atoms with Gasteiger partial charge in [-0.3, -0.25) is 0 Å². The topological polar surface area (TPSA) is 47.9 Å². The number of aliphatic hydroxyl groups is 1. The van der Waals surface area contributed by atoms with Crippen LogP contribution in [0, 0.1) is 24.7 Å². The summed E-state index contributed by atoms with van der Waals surface area (Å²) < 4.78 is 19.2. The number of hydrogen-bond donors (Lipinski definition) is 1. The maximum Gasteiger partial charge on any atom is 0.199 e. The second-order valence-electron chi connectivity index (χ2n) is 10.5. The molecular weight excluding hydrogens is 364 g/mol. The summed E-state index contributed by atoms with van der Waals surface area (Å²) in [5, 5.41) is 11.3. The minimum atomic E-state index is -0.946. The molecule has 4 aliphatic rings. The highest BCUT2D eigenvalue weighted by Crippen LogP contribution is 2.69. The third kappa shape index (κ3) is 2.06. The Bertz CT molecular complexity index is 904. The molecule has 5 rings (SSSR count). The van der Waals surface area contributed by atoms with E-state index in [1.165, 1.54) is 16.7 Å². The highest BCUT2D eigenvalue weighted by Gasteiger charge is 2.75. The summed E-state index contributed by atoms with van der Waals surface area (Å²) in [6.45, 7) is 12.9. The molecule has 7 atom stereocenters. The van der Waals surface area contributed by atoms with E-state index in [0.29, 0.717) is 5.92 Å². The van der Waals surface area contributed by atoms with Crippen molar-refractivity contribution < 1.29 is 19.3 Å². The summed E-state index contributed by atoms with van der Waals surface area (Å²) in [6.07, 6.45) is 5.99. The van der Waals surface area contributed by atoms with E-state index in [9.17, 15) is 5.11 Å². The van der Waals surface area contributed by atoms with Gasteiger partial charge >= 0.3 is 0 Å². The van der Waals surface area contributed by atoms with E-state index in [1.54, 1.807) is 7.11 Å². The molecule has 0 amide bonds. The molecule has 4 nitrogen and oxygen atoms in total.